The first kappa shape index (κ1) is 19.9. The van der Waals surface area contributed by atoms with Gasteiger partial charge in [-0.25, -0.2) is 9.50 Å². The molecule has 1 aliphatic rings. The lowest BCUT2D eigenvalue weighted by atomic mass is 10.0. The van der Waals surface area contributed by atoms with Gasteiger partial charge in [-0.1, -0.05) is 18.6 Å². The Morgan fingerprint density at radius 3 is 2.93 bits per heavy atom. The van der Waals surface area contributed by atoms with Crippen molar-refractivity contribution in [1.29, 1.82) is 0 Å². The van der Waals surface area contributed by atoms with Crippen molar-refractivity contribution in [3.63, 3.8) is 0 Å². The van der Waals surface area contributed by atoms with E-state index in [1.54, 1.807) is 7.11 Å². The van der Waals surface area contributed by atoms with Crippen LogP contribution >= 0.6 is 0 Å². The first-order valence-electron chi connectivity index (χ1n) is 10.6. The van der Waals surface area contributed by atoms with E-state index in [0.29, 0.717) is 6.61 Å². The summed E-state index contributed by atoms with van der Waals surface area (Å²) in [4.78, 5) is 4.89. The second-order valence-corrected chi connectivity index (χ2v) is 7.52. The Morgan fingerprint density at radius 1 is 1.07 bits per heavy atom. The van der Waals surface area contributed by atoms with Crippen molar-refractivity contribution in [2.45, 2.75) is 38.5 Å². The zero-order valence-electron chi connectivity index (χ0n) is 17.2. The van der Waals surface area contributed by atoms with E-state index in [-0.39, 0.29) is 0 Å². The van der Waals surface area contributed by atoms with Crippen LogP contribution in [0.4, 0.5) is 0 Å². The molecule has 154 valence electrons. The lowest BCUT2D eigenvalue weighted by Gasteiger charge is -2.15. The molecule has 0 bridgehead atoms. The fraction of sp³-hybridized carbons (Fsp3) is 0.478. The molecule has 4 rings (SSSR count). The SMILES string of the molecule is COCCNCCCOc1cccc(-c2c3c(nc4ccnn24)CCCCC3)c1. The lowest BCUT2D eigenvalue weighted by molar-refractivity contribution is 0.198. The molecular formula is C23H30N4O2. The minimum Gasteiger partial charge on any atom is -0.494 e. The van der Waals surface area contributed by atoms with Gasteiger partial charge >= 0.3 is 0 Å². The van der Waals surface area contributed by atoms with Crippen molar-refractivity contribution >= 4 is 5.65 Å². The minimum absolute atomic E-state index is 0.690. The van der Waals surface area contributed by atoms with Crippen LogP contribution in [0.1, 0.15) is 36.9 Å². The van der Waals surface area contributed by atoms with Crippen LogP contribution < -0.4 is 10.1 Å². The molecule has 0 atom stereocenters. The van der Waals surface area contributed by atoms with E-state index in [2.05, 4.69) is 28.6 Å². The number of ether oxygens (including phenoxy) is 2. The van der Waals surface area contributed by atoms with Crippen LogP contribution in [0.3, 0.4) is 0 Å². The number of nitrogens with one attached hydrogen (secondary N) is 1. The molecule has 0 amide bonds. The third-order valence-corrected chi connectivity index (χ3v) is 5.42. The predicted molar refractivity (Wildman–Crippen MR) is 115 cm³/mol. The van der Waals surface area contributed by atoms with Crippen LogP contribution in [-0.4, -0.2) is 48.0 Å². The number of rotatable bonds is 9. The largest absolute Gasteiger partial charge is 0.494 e. The minimum atomic E-state index is 0.690. The van der Waals surface area contributed by atoms with Gasteiger partial charge in [-0.2, -0.15) is 5.10 Å². The van der Waals surface area contributed by atoms with Gasteiger partial charge in [0.1, 0.15) is 5.75 Å². The molecule has 2 aromatic heterocycles. The van der Waals surface area contributed by atoms with Gasteiger partial charge in [0.05, 0.1) is 25.1 Å². The Labute approximate surface area is 172 Å². The van der Waals surface area contributed by atoms with Crippen molar-refractivity contribution in [2.24, 2.45) is 0 Å². The zero-order chi connectivity index (χ0) is 19.9. The Hall–Kier alpha value is -2.44. The topological polar surface area (TPSA) is 60.7 Å². The summed E-state index contributed by atoms with van der Waals surface area (Å²) in [5.41, 5.74) is 5.82. The van der Waals surface area contributed by atoms with E-state index >= 15 is 0 Å². The van der Waals surface area contributed by atoms with E-state index in [1.807, 2.05) is 22.8 Å². The first-order chi connectivity index (χ1) is 14.4. The molecule has 0 fully saturated rings. The van der Waals surface area contributed by atoms with Crippen LogP contribution in [-0.2, 0) is 17.6 Å². The Balaban J connectivity index is 1.53. The maximum absolute atomic E-state index is 6.02. The highest BCUT2D eigenvalue weighted by molar-refractivity contribution is 5.69. The number of nitrogens with zero attached hydrogens (tertiary/aromatic N) is 3. The van der Waals surface area contributed by atoms with E-state index in [9.17, 15) is 0 Å². The van der Waals surface area contributed by atoms with Crippen LogP contribution in [0.25, 0.3) is 16.9 Å². The average molecular weight is 395 g/mol. The molecule has 1 N–H and O–H groups in total. The fourth-order valence-electron chi connectivity index (χ4n) is 3.98. The van der Waals surface area contributed by atoms with E-state index in [0.717, 1.165) is 55.9 Å². The molecule has 2 heterocycles. The van der Waals surface area contributed by atoms with Gasteiger partial charge < -0.3 is 14.8 Å². The molecule has 29 heavy (non-hydrogen) atoms. The second kappa shape index (κ2) is 9.85. The van der Waals surface area contributed by atoms with Gasteiger partial charge in [-0.05, 0) is 50.8 Å². The number of aromatic nitrogens is 3. The number of benzene rings is 1. The van der Waals surface area contributed by atoms with Gasteiger partial charge in [0, 0.05) is 36.5 Å². The molecular weight excluding hydrogens is 364 g/mol. The summed E-state index contributed by atoms with van der Waals surface area (Å²) in [6.45, 7) is 3.23. The maximum atomic E-state index is 6.02. The molecule has 3 aromatic rings. The number of hydrogen-bond acceptors (Lipinski definition) is 5. The highest BCUT2D eigenvalue weighted by Gasteiger charge is 2.19. The third kappa shape index (κ3) is 4.77. The van der Waals surface area contributed by atoms with Crippen molar-refractivity contribution in [3.05, 3.63) is 47.8 Å². The summed E-state index contributed by atoms with van der Waals surface area (Å²) in [7, 11) is 1.72. The molecule has 6 heteroatoms. The first-order valence-corrected chi connectivity index (χ1v) is 10.6. The number of fused-ring (bicyclic) bond motifs is 2. The van der Waals surface area contributed by atoms with Crippen molar-refractivity contribution < 1.29 is 9.47 Å². The number of methoxy groups -OCH3 is 1. The molecule has 1 aromatic carbocycles. The van der Waals surface area contributed by atoms with Gasteiger partial charge in [-0.15, -0.1) is 0 Å². The van der Waals surface area contributed by atoms with E-state index < -0.39 is 0 Å². The Morgan fingerprint density at radius 2 is 2.00 bits per heavy atom. The summed E-state index contributed by atoms with van der Waals surface area (Å²) in [6, 6.07) is 10.4. The predicted octanol–water partition coefficient (Wildman–Crippen LogP) is 3.67. The lowest BCUT2D eigenvalue weighted by Crippen LogP contribution is -2.21. The molecule has 0 aliphatic heterocycles. The van der Waals surface area contributed by atoms with Crippen molar-refractivity contribution in [1.82, 2.24) is 19.9 Å². The number of hydrogen-bond donors (Lipinski definition) is 1. The fourth-order valence-corrected chi connectivity index (χ4v) is 3.98. The summed E-state index contributed by atoms with van der Waals surface area (Å²) in [5.74, 6) is 0.902. The normalized spacial score (nSPS) is 14.0. The summed E-state index contributed by atoms with van der Waals surface area (Å²) in [6.07, 6.45) is 8.60. The van der Waals surface area contributed by atoms with Gasteiger partial charge in [0.2, 0.25) is 0 Å². The van der Waals surface area contributed by atoms with Crippen molar-refractivity contribution in [3.8, 4) is 17.0 Å². The quantitative estimate of drug-likeness (QED) is 0.443. The summed E-state index contributed by atoms with van der Waals surface area (Å²) >= 11 is 0. The van der Waals surface area contributed by atoms with Crippen molar-refractivity contribution in [2.75, 3.05) is 33.4 Å². The third-order valence-electron chi connectivity index (χ3n) is 5.42. The van der Waals surface area contributed by atoms with E-state index in [4.69, 9.17) is 14.5 Å². The molecule has 1 aliphatic carbocycles. The maximum Gasteiger partial charge on any atom is 0.155 e. The van der Waals surface area contributed by atoms with Crippen LogP contribution in [0.15, 0.2) is 36.5 Å². The average Bonchev–Trinajstić information content (AvgIpc) is 3.08. The van der Waals surface area contributed by atoms with Crippen LogP contribution in [0.2, 0.25) is 0 Å². The molecule has 0 saturated heterocycles. The molecule has 0 unspecified atom stereocenters. The van der Waals surface area contributed by atoms with Crippen LogP contribution in [0, 0.1) is 0 Å². The monoisotopic (exact) mass is 394 g/mol. The molecule has 0 radical (unpaired) electrons. The van der Waals surface area contributed by atoms with Gasteiger partial charge in [0.25, 0.3) is 0 Å². The number of aryl methyl sites for hydroxylation is 1. The zero-order valence-corrected chi connectivity index (χ0v) is 17.2. The van der Waals surface area contributed by atoms with E-state index in [1.165, 1.54) is 36.2 Å². The highest BCUT2D eigenvalue weighted by Crippen LogP contribution is 2.32. The highest BCUT2D eigenvalue weighted by atomic mass is 16.5. The van der Waals surface area contributed by atoms with Gasteiger partial charge in [0.15, 0.2) is 5.65 Å². The Kier molecular flexibility index (Phi) is 6.75. The summed E-state index contributed by atoms with van der Waals surface area (Å²) in [5, 5.41) is 7.91. The molecule has 6 nitrogen and oxygen atoms in total. The summed E-state index contributed by atoms with van der Waals surface area (Å²) < 4.78 is 13.0. The standard InChI is InChI=1S/C23H30N4O2/c1-28-16-14-24-12-6-15-29-19-8-5-7-18(17-19)23-20-9-3-2-4-10-21(20)26-22-11-13-25-27(22)23/h5,7-8,11,13,17,24H,2-4,6,9-10,12,14-16H2,1H3. The smallest absolute Gasteiger partial charge is 0.155 e. The second-order valence-electron chi connectivity index (χ2n) is 7.52. The van der Waals surface area contributed by atoms with Crippen LogP contribution in [0.5, 0.6) is 5.75 Å². The Bertz CT molecular complexity index is 938. The molecule has 0 saturated carbocycles. The molecule has 0 spiro atoms. The van der Waals surface area contributed by atoms with Gasteiger partial charge in [-0.3, -0.25) is 0 Å².